The molecule has 4 nitrogen and oxygen atoms in total. The lowest BCUT2D eigenvalue weighted by atomic mass is 9.96. The third-order valence-corrected chi connectivity index (χ3v) is 4.91. The number of nitrogens with one attached hydrogen (secondary N) is 1. The highest BCUT2D eigenvalue weighted by Gasteiger charge is 2.38. The number of fused-ring (bicyclic) bond motifs is 1. The van der Waals surface area contributed by atoms with Crippen molar-refractivity contribution in [1.29, 1.82) is 0 Å². The van der Waals surface area contributed by atoms with Crippen LogP contribution in [0.4, 0.5) is 5.69 Å². The maximum absolute atomic E-state index is 10.5. The monoisotopic (exact) mass is 290 g/mol. The van der Waals surface area contributed by atoms with Crippen LogP contribution in [0.5, 0.6) is 0 Å². The van der Waals surface area contributed by atoms with Gasteiger partial charge in [-0.3, -0.25) is 0 Å². The van der Waals surface area contributed by atoms with Crippen LogP contribution < -0.4 is 10.2 Å². The first-order valence-corrected chi connectivity index (χ1v) is 7.96. The Morgan fingerprint density at radius 1 is 1.48 bits per heavy atom. The Kier molecular flexibility index (Phi) is 4.20. The molecule has 2 unspecified atom stereocenters. The molecule has 4 heteroatoms. The van der Waals surface area contributed by atoms with Crippen molar-refractivity contribution < 1.29 is 9.84 Å². The van der Waals surface area contributed by atoms with E-state index in [-0.39, 0.29) is 6.10 Å². The molecular weight excluding hydrogens is 264 g/mol. The second kappa shape index (κ2) is 5.95. The summed E-state index contributed by atoms with van der Waals surface area (Å²) in [7, 11) is 2.16. The molecule has 1 fully saturated rings. The van der Waals surface area contributed by atoms with Crippen LogP contribution in [0.3, 0.4) is 0 Å². The molecular formula is C17H26N2O2. The van der Waals surface area contributed by atoms with Gasteiger partial charge in [0.05, 0.1) is 6.10 Å². The second-order valence-electron chi connectivity index (χ2n) is 6.46. The highest BCUT2D eigenvalue weighted by Crippen LogP contribution is 2.27. The number of rotatable bonds is 4. The fourth-order valence-electron chi connectivity index (χ4n) is 3.37. The molecule has 2 atom stereocenters. The van der Waals surface area contributed by atoms with Gasteiger partial charge in [-0.25, -0.2) is 0 Å². The van der Waals surface area contributed by atoms with Gasteiger partial charge in [0, 0.05) is 45.4 Å². The molecule has 0 spiro atoms. The van der Waals surface area contributed by atoms with E-state index in [0.29, 0.717) is 13.2 Å². The van der Waals surface area contributed by atoms with Crippen LogP contribution in [0.1, 0.15) is 30.9 Å². The van der Waals surface area contributed by atoms with Crippen molar-refractivity contribution in [3.63, 3.8) is 0 Å². The zero-order chi connectivity index (χ0) is 14.9. The minimum absolute atomic E-state index is 0.0813. The van der Waals surface area contributed by atoms with Crippen molar-refractivity contribution in [3.8, 4) is 0 Å². The van der Waals surface area contributed by atoms with Gasteiger partial charge < -0.3 is 20.1 Å². The average molecular weight is 290 g/mol. The van der Waals surface area contributed by atoms with Crippen LogP contribution >= 0.6 is 0 Å². The Bertz CT molecular complexity index is 506. The molecule has 0 aromatic heterocycles. The summed E-state index contributed by atoms with van der Waals surface area (Å²) < 4.78 is 5.46. The third-order valence-electron chi connectivity index (χ3n) is 4.91. The summed E-state index contributed by atoms with van der Waals surface area (Å²) >= 11 is 0. The quantitative estimate of drug-likeness (QED) is 0.886. The van der Waals surface area contributed by atoms with Crippen LogP contribution in [0.15, 0.2) is 18.2 Å². The topological polar surface area (TPSA) is 44.7 Å². The molecule has 0 saturated carbocycles. The van der Waals surface area contributed by atoms with Crippen molar-refractivity contribution in [1.82, 2.24) is 5.32 Å². The molecule has 1 aromatic carbocycles. The van der Waals surface area contributed by atoms with E-state index in [1.54, 1.807) is 0 Å². The van der Waals surface area contributed by atoms with E-state index >= 15 is 0 Å². The Morgan fingerprint density at radius 3 is 3.10 bits per heavy atom. The lowest BCUT2D eigenvalue weighted by Gasteiger charge is -2.28. The number of hydrogen-bond acceptors (Lipinski definition) is 4. The van der Waals surface area contributed by atoms with Crippen LogP contribution in [-0.4, -0.2) is 43.6 Å². The SMILES string of the molecule is CC1OCCC1(O)CNCc1ccc2c(c1)CCCN2C. The summed E-state index contributed by atoms with van der Waals surface area (Å²) in [5.41, 5.74) is 3.38. The first kappa shape index (κ1) is 14.8. The number of aliphatic hydroxyl groups is 1. The van der Waals surface area contributed by atoms with E-state index in [2.05, 4.69) is 35.5 Å². The zero-order valence-corrected chi connectivity index (χ0v) is 13.1. The Morgan fingerprint density at radius 2 is 2.33 bits per heavy atom. The predicted octanol–water partition coefficient (Wildman–Crippen LogP) is 1.70. The third kappa shape index (κ3) is 3.07. The maximum Gasteiger partial charge on any atom is 0.105 e. The van der Waals surface area contributed by atoms with E-state index in [0.717, 1.165) is 19.5 Å². The molecule has 21 heavy (non-hydrogen) atoms. The van der Waals surface area contributed by atoms with Crippen LogP contribution in [0, 0.1) is 0 Å². The lowest BCUT2D eigenvalue weighted by Crippen LogP contribution is -2.45. The fraction of sp³-hybridized carbons (Fsp3) is 0.647. The van der Waals surface area contributed by atoms with E-state index in [1.165, 1.54) is 29.7 Å². The lowest BCUT2D eigenvalue weighted by molar-refractivity contribution is -0.0262. The summed E-state index contributed by atoms with van der Waals surface area (Å²) in [4.78, 5) is 2.33. The number of hydrogen-bond donors (Lipinski definition) is 2. The first-order chi connectivity index (χ1) is 10.1. The van der Waals surface area contributed by atoms with Gasteiger partial charge in [0.1, 0.15) is 5.60 Å². The van der Waals surface area contributed by atoms with E-state index in [1.807, 2.05) is 6.92 Å². The van der Waals surface area contributed by atoms with Crippen LogP contribution in [0.25, 0.3) is 0 Å². The molecule has 116 valence electrons. The molecule has 0 radical (unpaired) electrons. The Labute approximate surface area is 127 Å². The predicted molar refractivity (Wildman–Crippen MR) is 84.7 cm³/mol. The van der Waals surface area contributed by atoms with Crippen LogP contribution in [0.2, 0.25) is 0 Å². The molecule has 2 heterocycles. The second-order valence-corrected chi connectivity index (χ2v) is 6.46. The molecule has 2 aliphatic rings. The standard InChI is InChI=1S/C17H26N2O2/c1-13-17(20,7-9-21-13)12-18-11-14-5-6-16-15(10-14)4-3-8-19(16)2/h5-6,10,13,18,20H,3-4,7-9,11-12H2,1-2H3. The van der Waals surface area contributed by atoms with E-state index in [9.17, 15) is 5.11 Å². The van der Waals surface area contributed by atoms with Gasteiger partial charge in [0.2, 0.25) is 0 Å². The van der Waals surface area contributed by atoms with Gasteiger partial charge in [-0.15, -0.1) is 0 Å². The number of aryl methyl sites for hydroxylation is 1. The molecule has 3 rings (SSSR count). The first-order valence-electron chi connectivity index (χ1n) is 7.96. The van der Waals surface area contributed by atoms with Crippen molar-refractivity contribution in [3.05, 3.63) is 29.3 Å². The number of nitrogens with zero attached hydrogens (tertiary/aromatic N) is 1. The summed E-state index contributed by atoms with van der Waals surface area (Å²) in [6, 6.07) is 6.71. The zero-order valence-electron chi connectivity index (χ0n) is 13.1. The van der Waals surface area contributed by atoms with Gasteiger partial charge in [-0.05, 0) is 37.0 Å². The smallest absolute Gasteiger partial charge is 0.105 e. The molecule has 0 aliphatic carbocycles. The van der Waals surface area contributed by atoms with Crippen molar-refractivity contribution in [2.75, 3.05) is 31.6 Å². The molecule has 0 bridgehead atoms. The van der Waals surface area contributed by atoms with E-state index < -0.39 is 5.60 Å². The molecule has 1 saturated heterocycles. The minimum Gasteiger partial charge on any atom is -0.386 e. The maximum atomic E-state index is 10.5. The molecule has 2 aliphatic heterocycles. The summed E-state index contributed by atoms with van der Waals surface area (Å²) in [6.45, 7) is 5.14. The Balaban J connectivity index is 1.59. The van der Waals surface area contributed by atoms with Crippen molar-refractivity contribution in [2.24, 2.45) is 0 Å². The van der Waals surface area contributed by atoms with Gasteiger partial charge in [-0.2, -0.15) is 0 Å². The normalized spacial score (nSPS) is 28.7. The summed E-state index contributed by atoms with van der Waals surface area (Å²) in [5, 5.41) is 13.9. The van der Waals surface area contributed by atoms with Crippen molar-refractivity contribution >= 4 is 5.69 Å². The number of anilines is 1. The van der Waals surface area contributed by atoms with Gasteiger partial charge in [0.15, 0.2) is 0 Å². The largest absolute Gasteiger partial charge is 0.386 e. The molecule has 1 aromatic rings. The highest BCUT2D eigenvalue weighted by molar-refractivity contribution is 5.56. The summed E-state index contributed by atoms with van der Waals surface area (Å²) in [5.74, 6) is 0. The fourth-order valence-corrected chi connectivity index (χ4v) is 3.37. The molecule has 0 amide bonds. The van der Waals surface area contributed by atoms with Gasteiger partial charge in [-0.1, -0.05) is 12.1 Å². The summed E-state index contributed by atoms with van der Waals surface area (Å²) in [6.07, 6.45) is 3.04. The number of benzene rings is 1. The molecule has 2 N–H and O–H groups in total. The van der Waals surface area contributed by atoms with Gasteiger partial charge >= 0.3 is 0 Å². The van der Waals surface area contributed by atoms with Gasteiger partial charge in [0.25, 0.3) is 0 Å². The average Bonchev–Trinajstić information content (AvgIpc) is 2.79. The van der Waals surface area contributed by atoms with E-state index in [4.69, 9.17) is 4.74 Å². The van der Waals surface area contributed by atoms with Crippen molar-refractivity contribution in [2.45, 2.75) is 44.4 Å². The minimum atomic E-state index is -0.714. The number of ether oxygens (including phenoxy) is 1. The van der Waals surface area contributed by atoms with Crippen LogP contribution in [-0.2, 0) is 17.7 Å². The highest BCUT2D eigenvalue weighted by atomic mass is 16.5. The Hall–Kier alpha value is -1.10.